The van der Waals surface area contributed by atoms with E-state index in [1.165, 1.54) is 18.6 Å². The van der Waals surface area contributed by atoms with Crippen LogP contribution in [0.25, 0.3) is 0 Å². The SMILES string of the molecule is CCC1(C(=O)C2CCOC3(CCSC3)C2)CCCC1. The average Bonchev–Trinajstić information content (AvgIpc) is 3.08. The minimum absolute atomic E-state index is 0.0367. The normalized spacial score (nSPS) is 37.8. The molecule has 19 heavy (non-hydrogen) atoms. The molecule has 3 heteroatoms. The van der Waals surface area contributed by atoms with Gasteiger partial charge in [-0.3, -0.25) is 4.79 Å². The van der Waals surface area contributed by atoms with Gasteiger partial charge in [0.2, 0.25) is 0 Å². The van der Waals surface area contributed by atoms with Gasteiger partial charge in [-0.05, 0) is 44.3 Å². The number of ketones is 1. The van der Waals surface area contributed by atoms with Gasteiger partial charge in [0.25, 0.3) is 0 Å². The molecule has 3 fully saturated rings. The lowest BCUT2D eigenvalue weighted by Gasteiger charge is -2.40. The molecule has 3 rings (SSSR count). The molecule has 2 saturated heterocycles. The van der Waals surface area contributed by atoms with Crippen LogP contribution in [0.2, 0.25) is 0 Å². The number of carbonyl (C=O) groups is 1. The lowest BCUT2D eigenvalue weighted by atomic mass is 9.70. The Hall–Kier alpha value is -0.0200. The summed E-state index contributed by atoms with van der Waals surface area (Å²) in [6, 6.07) is 0. The van der Waals surface area contributed by atoms with Crippen molar-refractivity contribution in [2.45, 2.75) is 63.9 Å². The maximum absolute atomic E-state index is 13.0. The van der Waals surface area contributed by atoms with Crippen molar-refractivity contribution in [1.82, 2.24) is 0 Å². The average molecular weight is 282 g/mol. The molecule has 2 atom stereocenters. The van der Waals surface area contributed by atoms with Crippen LogP contribution in [0, 0.1) is 11.3 Å². The van der Waals surface area contributed by atoms with Crippen molar-refractivity contribution < 1.29 is 9.53 Å². The van der Waals surface area contributed by atoms with Gasteiger partial charge in [0.1, 0.15) is 5.78 Å². The molecular formula is C16H26O2S. The van der Waals surface area contributed by atoms with Gasteiger partial charge in [0.05, 0.1) is 5.60 Å². The summed E-state index contributed by atoms with van der Waals surface area (Å²) in [4.78, 5) is 13.0. The number of Topliss-reactive ketones (excluding diaryl/α,β-unsaturated/α-hetero) is 1. The first kappa shape index (κ1) is 13.9. The molecule has 0 radical (unpaired) electrons. The molecule has 2 heterocycles. The second-order valence-electron chi connectivity index (χ2n) is 6.73. The number of hydrogen-bond donors (Lipinski definition) is 0. The first-order valence-corrected chi connectivity index (χ1v) is 9.11. The van der Waals surface area contributed by atoms with Crippen LogP contribution in [0.5, 0.6) is 0 Å². The van der Waals surface area contributed by atoms with E-state index in [-0.39, 0.29) is 16.9 Å². The van der Waals surface area contributed by atoms with Crippen molar-refractivity contribution >= 4 is 17.5 Å². The maximum Gasteiger partial charge on any atom is 0.142 e. The number of rotatable bonds is 3. The summed E-state index contributed by atoms with van der Waals surface area (Å²) in [5.41, 5.74) is 0.0890. The van der Waals surface area contributed by atoms with E-state index in [1.54, 1.807) is 0 Å². The molecule has 0 aromatic rings. The zero-order chi connectivity index (χ0) is 13.3. The van der Waals surface area contributed by atoms with E-state index in [9.17, 15) is 4.79 Å². The Morgan fingerprint density at radius 3 is 2.74 bits per heavy atom. The predicted octanol–water partition coefficient (Wildman–Crippen LogP) is 3.83. The minimum Gasteiger partial charge on any atom is -0.374 e. The number of ether oxygens (including phenoxy) is 1. The van der Waals surface area contributed by atoms with Crippen molar-refractivity contribution in [1.29, 1.82) is 0 Å². The zero-order valence-electron chi connectivity index (χ0n) is 12.1. The number of carbonyl (C=O) groups excluding carboxylic acids is 1. The molecule has 1 spiro atoms. The quantitative estimate of drug-likeness (QED) is 0.787. The van der Waals surface area contributed by atoms with Gasteiger partial charge < -0.3 is 4.74 Å². The van der Waals surface area contributed by atoms with Crippen LogP contribution in [0.1, 0.15) is 58.3 Å². The van der Waals surface area contributed by atoms with Crippen LogP contribution in [-0.2, 0) is 9.53 Å². The number of hydrogen-bond acceptors (Lipinski definition) is 3. The Morgan fingerprint density at radius 2 is 2.11 bits per heavy atom. The molecular weight excluding hydrogens is 256 g/mol. The van der Waals surface area contributed by atoms with Crippen molar-refractivity contribution in [3.63, 3.8) is 0 Å². The molecule has 0 bridgehead atoms. The summed E-state index contributed by atoms with van der Waals surface area (Å²) in [5.74, 6) is 3.19. The third-order valence-corrected chi connectivity index (χ3v) is 6.91. The molecule has 3 aliphatic rings. The Labute approximate surface area is 121 Å². The summed E-state index contributed by atoms with van der Waals surface area (Å²) >= 11 is 1.99. The Bertz CT molecular complexity index is 341. The van der Waals surface area contributed by atoms with Gasteiger partial charge in [0.15, 0.2) is 0 Å². The van der Waals surface area contributed by atoms with Gasteiger partial charge in [-0.25, -0.2) is 0 Å². The second-order valence-corrected chi connectivity index (χ2v) is 7.83. The number of thioether (sulfide) groups is 1. The highest BCUT2D eigenvalue weighted by atomic mass is 32.2. The summed E-state index contributed by atoms with van der Waals surface area (Å²) in [7, 11) is 0. The fourth-order valence-electron chi connectivity index (χ4n) is 4.37. The summed E-state index contributed by atoms with van der Waals surface area (Å²) in [5, 5.41) is 0. The Kier molecular flexibility index (Phi) is 3.96. The van der Waals surface area contributed by atoms with Crippen LogP contribution >= 0.6 is 11.8 Å². The Balaban J connectivity index is 1.72. The van der Waals surface area contributed by atoms with E-state index < -0.39 is 0 Å². The van der Waals surface area contributed by atoms with E-state index in [0.717, 1.165) is 50.9 Å². The van der Waals surface area contributed by atoms with Crippen LogP contribution in [-0.4, -0.2) is 29.5 Å². The highest BCUT2D eigenvalue weighted by molar-refractivity contribution is 7.99. The zero-order valence-corrected chi connectivity index (χ0v) is 12.9. The smallest absolute Gasteiger partial charge is 0.142 e. The van der Waals surface area contributed by atoms with E-state index >= 15 is 0 Å². The molecule has 0 N–H and O–H groups in total. The van der Waals surface area contributed by atoms with Crippen LogP contribution in [0.15, 0.2) is 0 Å². The maximum atomic E-state index is 13.0. The standard InChI is InChI=1S/C16H26O2S/c1-2-15(6-3-4-7-15)14(17)13-5-9-18-16(11-13)8-10-19-12-16/h13H,2-12H2,1H3. The third kappa shape index (κ3) is 2.49. The molecule has 0 amide bonds. The lowest BCUT2D eigenvalue weighted by molar-refractivity contribution is -0.143. The van der Waals surface area contributed by atoms with Gasteiger partial charge in [-0.1, -0.05) is 19.8 Å². The first-order chi connectivity index (χ1) is 9.20. The molecule has 1 saturated carbocycles. The molecule has 2 nitrogen and oxygen atoms in total. The fourth-order valence-corrected chi connectivity index (χ4v) is 5.75. The van der Waals surface area contributed by atoms with Gasteiger partial charge in [-0.2, -0.15) is 11.8 Å². The molecule has 2 unspecified atom stereocenters. The first-order valence-electron chi connectivity index (χ1n) is 7.96. The summed E-state index contributed by atoms with van der Waals surface area (Å²) in [6.07, 6.45) is 8.95. The predicted molar refractivity (Wildman–Crippen MR) is 79.5 cm³/mol. The monoisotopic (exact) mass is 282 g/mol. The molecule has 0 aromatic heterocycles. The van der Waals surface area contributed by atoms with Crippen LogP contribution in [0.4, 0.5) is 0 Å². The molecule has 0 aromatic carbocycles. The van der Waals surface area contributed by atoms with Crippen LogP contribution < -0.4 is 0 Å². The molecule has 108 valence electrons. The second kappa shape index (κ2) is 5.40. The summed E-state index contributed by atoms with van der Waals surface area (Å²) in [6.45, 7) is 3.01. The van der Waals surface area contributed by atoms with Crippen LogP contribution in [0.3, 0.4) is 0 Å². The van der Waals surface area contributed by atoms with Gasteiger partial charge in [0, 0.05) is 23.7 Å². The van der Waals surface area contributed by atoms with Crippen molar-refractivity contribution in [3.8, 4) is 0 Å². The summed E-state index contributed by atoms with van der Waals surface area (Å²) < 4.78 is 6.06. The van der Waals surface area contributed by atoms with Gasteiger partial charge in [-0.15, -0.1) is 0 Å². The highest BCUT2D eigenvalue weighted by Gasteiger charge is 2.48. The van der Waals surface area contributed by atoms with E-state index in [0.29, 0.717) is 5.78 Å². The van der Waals surface area contributed by atoms with Crippen molar-refractivity contribution in [2.75, 3.05) is 18.1 Å². The van der Waals surface area contributed by atoms with E-state index in [1.807, 2.05) is 11.8 Å². The molecule has 2 aliphatic heterocycles. The largest absolute Gasteiger partial charge is 0.374 e. The van der Waals surface area contributed by atoms with Crippen molar-refractivity contribution in [3.05, 3.63) is 0 Å². The third-order valence-electron chi connectivity index (χ3n) is 5.69. The van der Waals surface area contributed by atoms with E-state index in [4.69, 9.17) is 4.74 Å². The van der Waals surface area contributed by atoms with E-state index in [2.05, 4.69) is 6.92 Å². The lowest BCUT2D eigenvalue weighted by Crippen LogP contribution is -2.45. The Morgan fingerprint density at radius 1 is 1.32 bits per heavy atom. The van der Waals surface area contributed by atoms with Crippen molar-refractivity contribution in [2.24, 2.45) is 11.3 Å². The fraction of sp³-hybridized carbons (Fsp3) is 0.938. The topological polar surface area (TPSA) is 26.3 Å². The van der Waals surface area contributed by atoms with Gasteiger partial charge >= 0.3 is 0 Å². The molecule has 1 aliphatic carbocycles. The minimum atomic E-state index is 0.0367. The highest BCUT2D eigenvalue weighted by Crippen LogP contribution is 2.48.